The Kier molecular flexibility index (Phi) is 5.59. The van der Waals surface area contributed by atoms with Crippen LogP contribution in [0.3, 0.4) is 0 Å². The van der Waals surface area contributed by atoms with Gasteiger partial charge >= 0.3 is 0 Å². The zero-order valence-electron chi connectivity index (χ0n) is 11.5. The average Bonchev–Trinajstić information content (AvgIpc) is 2.95. The van der Waals surface area contributed by atoms with E-state index < -0.39 is 5.91 Å². The summed E-state index contributed by atoms with van der Waals surface area (Å²) in [5.41, 5.74) is 1.06. The number of nitrogens with one attached hydrogen (secondary N) is 1. The van der Waals surface area contributed by atoms with Crippen molar-refractivity contribution in [3.63, 3.8) is 0 Å². The Labute approximate surface area is 137 Å². The predicted octanol–water partition coefficient (Wildman–Crippen LogP) is 3.32. The van der Waals surface area contributed by atoms with E-state index in [2.05, 4.69) is 10.4 Å². The van der Waals surface area contributed by atoms with Crippen LogP contribution in [0.25, 0.3) is 6.08 Å². The van der Waals surface area contributed by atoms with E-state index >= 15 is 0 Å². The molecule has 0 atom stereocenters. The third-order valence-corrected chi connectivity index (χ3v) is 3.26. The fourth-order valence-electron chi connectivity index (χ4n) is 1.73. The van der Waals surface area contributed by atoms with Crippen molar-refractivity contribution in [3.05, 3.63) is 52.8 Å². The number of hydrogen-bond acceptors (Lipinski definition) is 3. The molecule has 0 fully saturated rings. The number of amides is 1. The van der Waals surface area contributed by atoms with E-state index in [9.17, 15) is 4.79 Å². The van der Waals surface area contributed by atoms with E-state index in [0.717, 1.165) is 0 Å². The predicted molar refractivity (Wildman–Crippen MR) is 86.6 cm³/mol. The van der Waals surface area contributed by atoms with Crippen molar-refractivity contribution in [1.82, 2.24) is 9.78 Å². The smallest absolute Gasteiger partial charge is 0.266 e. The first-order valence-corrected chi connectivity index (χ1v) is 7.31. The van der Waals surface area contributed by atoms with Gasteiger partial charge in [0, 0.05) is 17.6 Å². The summed E-state index contributed by atoms with van der Waals surface area (Å²) < 4.78 is 1.64. The number of halogens is 2. The Morgan fingerprint density at radius 1 is 1.45 bits per heavy atom. The second kappa shape index (κ2) is 7.64. The summed E-state index contributed by atoms with van der Waals surface area (Å²) in [5, 5.41) is 16.2. The summed E-state index contributed by atoms with van der Waals surface area (Å²) in [6.45, 7) is 0.559. The highest BCUT2D eigenvalue weighted by Crippen LogP contribution is 2.21. The van der Waals surface area contributed by atoms with Crippen LogP contribution in [0, 0.1) is 11.3 Å². The largest absolute Gasteiger partial charge is 0.320 e. The molecule has 1 aromatic carbocycles. The SMILES string of the molecule is N#C/C(=C/c1cnn(CCCl)c1)C(=O)Nc1ccccc1Cl. The van der Waals surface area contributed by atoms with Gasteiger partial charge in [-0.25, -0.2) is 0 Å². The molecule has 1 N–H and O–H groups in total. The fraction of sp³-hybridized carbons (Fsp3) is 0.133. The van der Waals surface area contributed by atoms with Gasteiger partial charge in [0.1, 0.15) is 11.6 Å². The molecule has 0 aliphatic heterocycles. The van der Waals surface area contributed by atoms with Gasteiger partial charge in [0.25, 0.3) is 5.91 Å². The number of benzene rings is 1. The molecule has 112 valence electrons. The minimum absolute atomic E-state index is 0.0367. The van der Waals surface area contributed by atoms with Gasteiger partial charge in [-0.2, -0.15) is 10.4 Å². The maximum atomic E-state index is 12.1. The van der Waals surface area contributed by atoms with Gasteiger partial charge < -0.3 is 5.32 Å². The molecular formula is C15H12Cl2N4O. The van der Waals surface area contributed by atoms with Gasteiger partial charge in [0.2, 0.25) is 0 Å². The summed E-state index contributed by atoms with van der Waals surface area (Å²) in [5.74, 6) is -0.0937. The molecular weight excluding hydrogens is 323 g/mol. The molecule has 1 amide bonds. The van der Waals surface area contributed by atoms with Crippen molar-refractivity contribution in [1.29, 1.82) is 5.26 Å². The monoisotopic (exact) mass is 334 g/mol. The van der Waals surface area contributed by atoms with Gasteiger partial charge in [0.15, 0.2) is 0 Å². The lowest BCUT2D eigenvalue weighted by Crippen LogP contribution is -2.13. The van der Waals surface area contributed by atoms with Crippen molar-refractivity contribution in [2.75, 3.05) is 11.2 Å². The van der Waals surface area contributed by atoms with Crippen LogP contribution in [-0.4, -0.2) is 21.6 Å². The van der Waals surface area contributed by atoms with Gasteiger partial charge in [-0.15, -0.1) is 11.6 Å². The molecule has 1 heterocycles. The Hall–Kier alpha value is -2.29. The van der Waals surface area contributed by atoms with Crippen LogP contribution in [0.2, 0.25) is 5.02 Å². The van der Waals surface area contributed by atoms with E-state index in [1.807, 2.05) is 6.07 Å². The number of carbonyl (C=O) groups is 1. The average molecular weight is 335 g/mol. The van der Waals surface area contributed by atoms with Gasteiger partial charge in [-0.3, -0.25) is 9.48 Å². The van der Waals surface area contributed by atoms with Crippen LogP contribution < -0.4 is 5.32 Å². The lowest BCUT2D eigenvalue weighted by atomic mass is 10.2. The van der Waals surface area contributed by atoms with Crippen LogP contribution in [0.4, 0.5) is 5.69 Å². The zero-order valence-corrected chi connectivity index (χ0v) is 13.0. The summed E-state index contributed by atoms with van der Waals surface area (Å²) in [4.78, 5) is 12.1. The number of alkyl halides is 1. The minimum atomic E-state index is -0.527. The third-order valence-electron chi connectivity index (χ3n) is 2.76. The van der Waals surface area contributed by atoms with Crippen LogP contribution in [0.15, 0.2) is 42.2 Å². The molecule has 22 heavy (non-hydrogen) atoms. The fourth-order valence-corrected chi connectivity index (χ4v) is 2.09. The Balaban J connectivity index is 2.16. The van der Waals surface area contributed by atoms with E-state index in [4.69, 9.17) is 28.5 Å². The highest BCUT2D eigenvalue weighted by atomic mass is 35.5. The second-order valence-electron chi connectivity index (χ2n) is 4.33. The third kappa shape index (κ3) is 4.10. The lowest BCUT2D eigenvalue weighted by Gasteiger charge is -2.05. The molecule has 7 heteroatoms. The second-order valence-corrected chi connectivity index (χ2v) is 5.11. The van der Waals surface area contributed by atoms with Crippen molar-refractivity contribution in [2.24, 2.45) is 0 Å². The molecule has 0 aliphatic rings. The first-order chi connectivity index (χ1) is 10.6. The molecule has 0 saturated carbocycles. The standard InChI is InChI=1S/C15H12Cl2N4O/c16-5-6-21-10-11(9-19-21)7-12(8-18)15(22)20-14-4-2-1-3-13(14)17/h1-4,7,9-10H,5-6H2,(H,20,22)/b12-7-. The van der Waals surface area contributed by atoms with Gasteiger partial charge in [0.05, 0.1) is 23.5 Å². The summed E-state index contributed by atoms with van der Waals surface area (Å²) in [6, 6.07) is 8.69. The van der Waals surface area contributed by atoms with E-state index in [0.29, 0.717) is 28.7 Å². The van der Waals surface area contributed by atoms with Crippen LogP contribution >= 0.6 is 23.2 Å². The number of rotatable bonds is 5. The number of anilines is 1. The van der Waals surface area contributed by atoms with Crippen molar-refractivity contribution < 1.29 is 4.79 Å². The van der Waals surface area contributed by atoms with E-state index in [1.165, 1.54) is 6.08 Å². The van der Waals surface area contributed by atoms with Gasteiger partial charge in [-0.1, -0.05) is 23.7 Å². The Bertz CT molecular complexity index is 746. The number of aryl methyl sites for hydroxylation is 1. The number of nitriles is 1. The molecule has 2 aromatic rings. The molecule has 0 spiro atoms. The summed E-state index contributed by atoms with van der Waals surface area (Å²) >= 11 is 11.6. The Morgan fingerprint density at radius 3 is 2.91 bits per heavy atom. The summed E-state index contributed by atoms with van der Waals surface area (Å²) in [7, 11) is 0. The first kappa shape index (κ1) is 16.1. The quantitative estimate of drug-likeness (QED) is 0.518. The highest BCUT2D eigenvalue weighted by Gasteiger charge is 2.11. The van der Waals surface area contributed by atoms with Crippen molar-refractivity contribution >= 4 is 40.9 Å². The van der Waals surface area contributed by atoms with Crippen LogP contribution in [-0.2, 0) is 11.3 Å². The van der Waals surface area contributed by atoms with Gasteiger partial charge in [-0.05, 0) is 18.2 Å². The number of hydrogen-bond donors (Lipinski definition) is 1. The lowest BCUT2D eigenvalue weighted by molar-refractivity contribution is -0.112. The number of carbonyl (C=O) groups excluding carboxylic acids is 1. The number of aromatic nitrogens is 2. The molecule has 0 radical (unpaired) electrons. The molecule has 0 unspecified atom stereocenters. The van der Waals surface area contributed by atoms with Crippen LogP contribution in [0.5, 0.6) is 0 Å². The molecule has 5 nitrogen and oxygen atoms in total. The first-order valence-electron chi connectivity index (χ1n) is 6.40. The van der Waals surface area contributed by atoms with Crippen molar-refractivity contribution in [2.45, 2.75) is 6.54 Å². The molecule has 2 rings (SSSR count). The topological polar surface area (TPSA) is 70.7 Å². The Morgan fingerprint density at radius 2 is 2.23 bits per heavy atom. The maximum absolute atomic E-state index is 12.1. The maximum Gasteiger partial charge on any atom is 0.266 e. The number of nitrogens with zero attached hydrogens (tertiary/aromatic N) is 3. The van der Waals surface area contributed by atoms with Crippen molar-refractivity contribution in [3.8, 4) is 6.07 Å². The molecule has 0 bridgehead atoms. The van der Waals surface area contributed by atoms with E-state index in [-0.39, 0.29) is 5.57 Å². The molecule has 0 aliphatic carbocycles. The number of para-hydroxylation sites is 1. The summed E-state index contributed by atoms with van der Waals surface area (Å²) in [6.07, 6.45) is 4.74. The van der Waals surface area contributed by atoms with E-state index in [1.54, 1.807) is 41.3 Å². The molecule has 0 saturated heterocycles. The zero-order chi connectivity index (χ0) is 15.9. The van der Waals surface area contributed by atoms with Crippen LogP contribution in [0.1, 0.15) is 5.56 Å². The normalized spacial score (nSPS) is 11.0. The minimum Gasteiger partial charge on any atom is -0.320 e. The highest BCUT2D eigenvalue weighted by molar-refractivity contribution is 6.34. The molecule has 1 aromatic heterocycles.